The molecule has 0 saturated heterocycles. The number of amides is 1. The highest BCUT2D eigenvalue weighted by molar-refractivity contribution is 5.82. The standard InChI is InChI=1S/C20H27NO6/c1-5-13-25-18(23)16(11-12-17(22)27-20(2,3)4)21-19(24)26-14-15-9-7-6-8-10-15/h5-10,16H,1,11-14H2,2-4H3,(H,21,24)/t16-/m0/s1. The minimum absolute atomic E-state index is 0.00249. The summed E-state index contributed by atoms with van der Waals surface area (Å²) in [4.78, 5) is 36.0. The Kier molecular flexibility index (Phi) is 9.05. The SMILES string of the molecule is C=CCOC(=O)[C@H](CCC(=O)OC(C)(C)C)NC(=O)OCc1ccccc1. The molecule has 1 rings (SSSR count). The van der Waals surface area contributed by atoms with Crippen molar-refractivity contribution in [3.8, 4) is 0 Å². The lowest BCUT2D eigenvalue weighted by atomic mass is 10.1. The van der Waals surface area contributed by atoms with Crippen LogP contribution >= 0.6 is 0 Å². The van der Waals surface area contributed by atoms with Gasteiger partial charge < -0.3 is 19.5 Å². The topological polar surface area (TPSA) is 90.9 Å². The summed E-state index contributed by atoms with van der Waals surface area (Å²) < 4.78 is 15.3. The molecule has 0 bridgehead atoms. The highest BCUT2D eigenvalue weighted by atomic mass is 16.6. The molecule has 7 nitrogen and oxygen atoms in total. The van der Waals surface area contributed by atoms with Gasteiger partial charge in [-0.15, -0.1) is 0 Å². The van der Waals surface area contributed by atoms with Crippen molar-refractivity contribution in [1.82, 2.24) is 5.32 Å². The van der Waals surface area contributed by atoms with Crippen molar-refractivity contribution in [3.63, 3.8) is 0 Å². The number of carbonyl (C=O) groups excluding carboxylic acids is 3. The molecule has 1 N–H and O–H groups in total. The van der Waals surface area contributed by atoms with E-state index in [0.717, 1.165) is 5.56 Å². The number of nitrogens with one attached hydrogen (secondary N) is 1. The van der Waals surface area contributed by atoms with Crippen LogP contribution in [0.3, 0.4) is 0 Å². The second kappa shape index (κ2) is 11.0. The Balaban J connectivity index is 2.59. The van der Waals surface area contributed by atoms with Crippen LogP contribution in [0.1, 0.15) is 39.2 Å². The van der Waals surface area contributed by atoms with Crippen molar-refractivity contribution in [1.29, 1.82) is 0 Å². The molecule has 0 radical (unpaired) electrons. The average Bonchev–Trinajstić information content (AvgIpc) is 2.60. The molecule has 0 aromatic heterocycles. The maximum Gasteiger partial charge on any atom is 0.408 e. The number of hydrogen-bond donors (Lipinski definition) is 1. The van der Waals surface area contributed by atoms with E-state index in [-0.39, 0.29) is 26.1 Å². The lowest BCUT2D eigenvalue weighted by Gasteiger charge is -2.21. The van der Waals surface area contributed by atoms with E-state index in [9.17, 15) is 14.4 Å². The van der Waals surface area contributed by atoms with Gasteiger partial charge in [0, 0.05) is 6.42 Å². The van der Waals surface area contributed by atoms with E-state index in [0.29, 0.717) is 0 Å². The predicted molar refractivity (Wildman–Crippen MR) is 99.8 cm³/mol. The van der Waals surface area contributed by atoms with Crippen LogP contribution in [0.4, 0.5) is 4.79 Å². The molecule has 1 atom stereocenters. The first-order valence-electron chi connectivity index (χ1n) is 8.68. The molecule has 0 saturated carbocycles. The van der Waals surface area contributed by atoms with Gasteiger partial charge in [-0.05, 0) is 32.8 Å². The van der Waals surface area contributed by atoms with Gasteiger partial charge in [0.15, 0.2) is 0 Å². The summed E-state index contributed by atoms with van der Waals surface area (Å²) in [6.45, 7) is 8.78. The summed E-state index contributed by atoms with van der Waals surface area (Å²) in [6, 6.07) is 8.10. The van der Waals surface area contributed by atoms with E-state index in [1.54, 1.807) is 20.8 Å². The molecule has 1 aromatic rings. The average molecular weight is 377 g/mol. The molecule has 0 fully saturated rings. The zero-order valence-corrected chi connectivity index (χ0v) is 16.0. The maximum absolute atomic E-state index is 12.1. The molecule has 1 amide bonds. The second-order valence-electron chi connectivity index (χ2n) is 6.80. The second-order valence-corrected chi connectivity index (χ2v) is 6.80. The van der Waals surface area contributed by atoms with Gasteiger partial charge in [0.05, 0.1) is 0 Å². The van der Waals surface area contributed by atoms with Gasteiger partial charge in [0.1, 0.15) is 24.9 Å². The van der Waals surface area contributed by atoms with Gasteiger partial charge in [0.25, 0.3) is 0 Å². The van der Waals surface area contributed by atoms with Crippen LogP contribution in [0.5, 0.6) is 0 Å². The van der Waals surface area contributed by atoms with E-state index in [4.69, 9.17) is 14.2 Å². The van der Waals surface area contributed by atoms with Crippen LogP contribution in [0.15, 0.2) is 43.0 Å². The van der Waals surface area contributed by atoms with Gasteiger partial charge >= 0.3 is 18.0 Å². The number of carbonyl (C=O) groups is 3. The molecule has 0 aliphatic heterocycles. The van der Waals surface area contributed by atoms with Crippen LogP contribution in [0, 0.1) is 0 Å². The quantitative estimate of drug-likeness (QED) is 0.404. The number of esters is 2. The fourth-order valence-electron chi connectivity index (χ4n) is 2.05. The zero-order valence-electron chi connectivity index (χ0n) is 16.0. The van der Waals surface area contributed by atoms with Gasteiger partial charge in [0.2, 0.25) is 0 Å². The van der Waals surface area contributed by atoms with Gasteiger partial charge in [-0.1, -0.05) is 43.0 Å². The molecule has 0 aliphatic rings. The summed E-state index contributed by atoms with van der Waals surface area (Å²) in [5, 5.41) is 2.44. The largest absolute Gasteiger partial charge is 0.460 e. The highest BCUT2D eigenvalue weighted by Crippen LogP contribution is 2.11. The van der Waals surface area contributed by atoms with Crippen LogP contribution < -0.4 is 5.32 Å². The van der Waals surface area contributed by atoms with Crippen LogP contribution in [-0.2, 0) is 30.4 Å². The molecule has 0 heterocycles. The van der Waals surface area contributed by atoms with E-state index >= 15 is 0 Å². The van der Waals surface area contributed by atoms with Crippen molar-refractivity contribution >= 4 is 18.0 Å². The lowest BCUT2D eigenvalue weighted by Crippen LogP contribution is -2.42. The van der Waals surface area contributed by atoms with Crippen molar-refractivity contribution in [2.45, 2.75) is 51.9 Å². The van der Waals surface area contributed by atoms with Crippen LogP contribution in [0.25, 0.3) is 0 Å². The Morgan fingerprint density at radius 2 is 1.81 bits per heavy atom. The Morgan fingerprint density at radius 1 is 1.15 bits per heavy atom. The smallest absolute Gasteiger partial charge is 0.408 e. The first-order valence-corrected chi connectivity index (χ1v) is 8.68. The number of ether oxygens (including phenoxy) is 3. The minimum atomic E-state index is -1.03. The summed E-state index contributed by atoms with van der Waals surface area (Å²) in [7, 11) is 0. The third-order valence-corrected chi connectivity index (χ3v) is 3.19. The van der Waals surface area contributed by atoms with Crippen molar-refractivity contribution in [3.05, 3.63) is 48.6 Å². The minimum Gasteiger partial charge on any atom is -0.460 e. The Labute approximate surface area is 159 Å². The van der Waals surface area contributed by atoms with Crippen molar-refractivity contribution in [2.75, 3.05) is 6.61 Å². The lowest BCUT2D eigenvalue weighted by molar-refractivity contribution is -0.155. The van der Waals surface area contributed by atoms with Crippen molar-refractivity contribution < 1.29 is 28.6 Å². The summed E-state index contributed by atoms with van der Waals surface area (Å²) in [5.74, 6) is -1.14. The van der Waals surface area contributed by atoms with Gasteiger partial charge in [-0.2, -0.15) is 0 Å². The van der Waals surface area contributed by atoms with Crippen LogP contribution in [-0.4, -0.2) is 36.3 Å². The van der Waals surface area contributed by atoms with Gasteiger partial charge in [-0.25, -0.2) is 9.59 Å². The molecule has 148 valence electrons. The molecular formula is C20H27NO6. The maximum atomic E-state index is 12.1. The predicted octanol–water partition coefficient (Wildman–Crippen LogP) is 3.13. The van der Waals surface area contributed by atoms with E-state index < -0.39 is 29.7 Å². The number of benzene rings is 1. The normalized spacial score (nSPS) is 11.8. The summed E-state index contributed by atoms with van der Waals surface area (Å²) in [5.41, 5.74) is 0.185. The molecule has 0 spiro atoms. The molecule has 0 aliphatic carbocycles. The molecule has 0 unspecified atom stereocenters. The Bertz CT molecular complexity index is 636. The first-order chi connectivity index (χ1) is 12.7. The van der Waals surface area contributed by atoms with Crippen LogP contribution in [0.2, 0.25) is 0 Å². The van der Waals surface area contributed by atoms with E-state index in [2.05, 4.69) is 11.9 Å². The fourth-order valence-corrected chi connectivity index (χ4v) is 2.05. The molecular weight excluding hydrogens is 350 g/mol. The summed E-state index contributed by atoms with van der Waals surface area (Å²) in [6.07, 6.45) is 0.620. The van der Waals surface area contributed by atoms with Crippen molar-refractivity contribution in [2.24, 2.45) is 0 Å². The number of hydrogen-bond acceptors (Lipinski definition) is 6. The fraction of sp³-hybridized carbons (Fsp3) is 0.450. The third kappa shape index (κ3) is 10.0. The first kappa shape index (κ1) is 22.2. The molecule has 1 aromatic carbocycles. The van der Waals surface area contributed by atoms with E-state index in [1.165, 1.54) is 6.08 Å². The highest BCUT2D eigenvalue weighted by Gasteiger charge is 2.25. The number of rotatable bonds is 9. The molecule has 7 heteroatoms. The monoisotopic (exact) mass is 377 g/mol. The third-order valence-electron chi connectivity index (χ3n) is 3.19. The van der Waals surface area contributed by atoms with E-state index in [1.807, 2.05) is 30.3 Å². The summed E-state index contributed by atoms with van der Waals surface area (Å²) >= 11 is 0. The Morgan fingerprint density at radius 3 is 2.41 bits per heavy atom. The number of alkyl carbamates (subject to hydrolysis) is 1. The molecule has 27 heavy (non-hydrogen) atoms. The van der Waals surface area contributed by atoms with Gasteiger partial charge in [-0.3, -0.25) is 4.79 Å². The zero-order chi connectivity index (χ0) is 20.3. The Hall–Kier alpha value is -2.83.